The van der Waals surface area contributed by atoms with Crippen LogP contribution in [-0.4, -0.2) is 39.9 Å². The van der Waals surface area contributed by atoms with Gasteiger partial charge in [-0.25, -0.2) is 0 Å². The van der Waals surface area contributed by atoms with Crippen LogP contribution in [0.5, 0.6) is 0 Å². The number of benzene rings is 1. The molecular formula is C15H20BrNO3S. The molecule has 1 aromatic carbocycles. The van der Waals surface area contributed by atoms with E-state index in [1.165, 1.54) is 0 Å². The summed E-state index contributed by atoms with van der Waals surface area (Å²) in [5.74, 6) is -0.891. The molecule has 0 saturated carbocycles. The summed E-state index contributed by atoms with van der Waals surface area (Å²) < 4.78 is 0.947. The highest BCUT2D eigenvalue weighted by molar-refractivity contribution is 9.10. The number of hydrogen-bond acceptors (Lipinski definition) is 3. The fourth-order valence-electron chi connectivity index (χ4n) is 1.84. The average molecular weight is 374 g/mol. The number of nitrogens with zero attached hydrogens (tertiary/aromatic N) is 1. The van der Waals surface area contributed by atoms with Crippen molar-refractivity contribution in [1.29, 1.82) is 0 Å². The number of amides is 1. The van der Waals surface area contributed by atoms with Crippen molar-refractivity contribution >= 4 is 39.6 Å². The average Bonchev–Trinajstić information content (AvgIpc) is 2.42. The summed E-state index contributed by atoms with van der Waals surface area (Å²) in [6, 6.07) is 7.70. The zero-order valence-corrected chi connectivity index (χ0v) is 14.6. The topological polar surface area (TPSA) is 57.6 Å². The van der Waals surface area contributed by atoms with Crippen molar-refractivity contribution in [3.63, 3.8) is 0 Å². The summed E-state index contributed by atoms with van der Waals surface area (Å²) >= 11 is 5.03. The molecule has 4 nitrogen and oxygen atoms in total. The molecule has 0 aromatic heterocycles. The summed E-state index contributed by atoms with van der Waals surface area (Å²) in [6.45, 7) is 2.67. The molecular weight excluding hydrogens is 354 g/mol. The van der Waals surface area contributed by atoms with E-state index >= 15 is 0 Å². The van der Waals surface area contributed by atoms with Crippen LogP contribution < -0.4 is 0 Å². The molecule has 1 rings (SSSR count). The van der Waals surface area contributed by atoms with Crippen LogP contribution in [0.2, 0.25) is 0 Å². The Balaban J connectivity index is 2.76. The van der Waals surface area contributed by atoms with Gasteiger partial charge in [-0.05, 0) is 24.0 Å². The molecule has 0 aliphatic heterocycles. The maximum absolute atomic E-state index is 12.3. The molecule has 0 heterocycles. The molecule has 1 aromatic rings. The number of carboxylic acid groups (broad SMARTS) is 1. The van der Waals surface area contributed by atoms with Crippen molar-refractivity contribution in [2.45, 2.75) is 31.6 Å². The second-order valence-electron chi connectivity index (χ2n) is 4.84. The predicted octanol–water partition coefficient (Wildman–Crippen LogP) is 3.39. The van der Waals surface area contributed by atoms with E-state index in [1.807, 2.05) is 37.4 Å². The van der Waals surface area contributed by atoms with E-state index in [2.05, 4.69) is 15.9 Å². The van der Waals surface area contributed by atoms with Crippen molar-refractivity contribution in [1.82, 2.24) is 4.90 Å². The van der Waals surface area contributed by atoms with Crippen LogP contribution in [0.25, 0.3) is 0 Å². The maximum atomic E-state index is 12.3. The van der Waals surface area contributed by atoms with Gasteiger partial charge in [0.05, 0.1) is 6.42 Å². The molecule has 0 radical (unpaired) electrons. The minimum absolute atomic E-state index is 0.00178. The lowest BCUT2D eigenvalue weighted by Gasteiger charge is -2.23. The SMILES string of the molecule is CSC(C)CC(=O)N(CCC(=O)O)Cc1cccc(Br)c1. The monoisotopic (exact) mass is 373 g/mol. The zero-order valence-electron chi connectivity index (χ0n) is 12.2. The van der Waals surface area contributed by atoms with Crippen molar-refractivity contribution in [2.24, 2.45) is 0 Å². The molecule has 6 heteroatoms. The fourth-order valence-corrected chi connectivity index (χ4v) is 2.59. The van der Waals surface area contributed by atoms with Crippen LogP contribution in [0, 0.1) is 0 Å². The maximum Gasteiger partial charge on any atom is 0.305 e. The second kappa shape index (κ2) is 9.10. The molecule has 0 saturated heterocycles. The van der Waals surface area contributed by atoms with Gasteiger partial charge in [0.25, 0.3) is 0 Å². The van der Waals surface area contributed by atoms with E-state index in [9.17, 15) is 9.59 Å². The molecule has 0 bridgehead atoms. The summed E-state index contributed by atoms with van der Waals surface area (Å²) in [7, 11) is 0. The second-order valence-corrected chi connectivity index (χ2v) is 7.03. The number of carbonyl (C=O) groups is 2. The minimum atomic E-state index is -0.889. The van der Waals surface area contributed by atoms with Gasteiger partial charge in [0.2, 0.25) is 5.91 Å². The zero-order chi connectivity index (χ0) is 15.8. The number of carbonyl (C=O) groups excluding carboxylic acids is 1. The first kappa shape index (κ1) is 18.0. The fraction of sp³-hybridized carbons (Fsp3) is 0.467. The van der Waals surface area contributed by atoms with Crippen molar-refractivity contribution in [3.8, 4) is 0 Å². The third-order valence-electron chi connectivity index (χ3n) is 3.08. The largest absolute Gasteiger partial charge is 0.481 e. The number of rotatable bonds is 8. The van der Waals surface area contributed by atoms with Gasteiger partial charge in [0.1, 0.15) is 0 Å². The van der Waals surface area contributed by atoms with E-state index in [0.29, 0.717) is 13.0 Å². The van der Waals surface area contributed by atoms with Crippen LogP contribution in [0.3, 0.4) is 0 Å². The lowest BCUT2D eigenvalue weighted by molar-refractivity contribution is -0.138. The van der Waals surface area contributed by atoms with E-state index < -0.39 is 5.97 Å². The third kappa shape index (κ3) is 7.00. The number of aliphatic carboxylic acids is 1. The highest BCUT2D eigenvalue weighted by Gasteiger charge is 2.17. The van der Waals surface area contributed by atoms with E-state index in [-0.39, 0.29) is 24.1 Å². The molecule has 0 fully saturated rings. The van der Waals surface area contributed by atoms with Crippen LogP contribution >= 0.6 is 27.7 Å². The van der Waals surface area contributed by atoms with Crippen LogP contribution in [0.15, 0.2) is 28.7 Å². The third-order valence-corrected chi connectivity index (χ3v) is 4.54. The Morgan fingerprint density at radius 1 is 1.43 bits per heavy atom. The minimum Gasteiger partial charge on any atom is -0.481 e. The molecule has 1 N–H and O–H groups in total. The van der Waals surface area contributed by atoms with Gasteiger partial charge in [-0.2, -0.15) is 11.8 Å². The number of thioether (sulfide) groups is 1. The summed E-state index contributed by atoms with van der Waals surface area (Å²) in [5.41, 5.74) is 0.986. The molecule has 116 valence electrons. The molecule has 0 spiro atoms. The molecule has 21 heavy (non-hydrogen) atoms. The molecule has 1 amide bonds. The van der Waals surface area contributed by atoms with E-state index in [1.54, 1.807) is 16.7 Å². The quantitative estimate of drug-likeness (QED) is 0.758. The molecule has 0 aliphatic carbocycles. The Bertz CT molecular complexity index is 496. The van der Waals surface area contributed by atoms with Gasteiger partial charge in [-0.1, -0.05) is 35.0 Å². The summed E-state index contributed by atoms with van der Waals surface area (Å²) in [5, 5.41) is 9.06. The first-order valence-electron chi connectivity index (χ1n) is 6.69. The molecule has 0 aliphatic rings. The normalized spacial score (nSPS) is 12.0. The Morgan fingerprint density at radius 2 is 2.14 bits per heavy atom. The van der Waals surface area contributed by atoms with Crippen LogP contribution in [0.1, 0.15) is 25.3 Å². The van der Waals surface area contributed by atoms with Gasteiger partial charge in [-0.15, -0.1) is 0 Å². The van der Waals surface area contributed by atoms with Crippen LogP contribution in [0.4, 0.5) is 0 Å². The van der Waals surface area contributed by atoms with Crippen molar-refractivity contribution < 1.29 is 14.7 Å². The van der Waals surface area contributed by atoms with E-state index in [4.69, 9.17) is 5.11 Å². The van der Waals surface area contributed by atoms with Gasteiger partial charge >= 0.3 is 5.97 Å². The Labute approximate surface area is 138 Å². The van der Waals surface area contributed by atoms with Gasteiger partial charge in [0.15, 0.2) is 0 Å². The predicted molar refractivity (Wildman–Crippen MR) is 89.4 cm³/mol. The standard InChI is InChI=1S/C15H20BrNO3S/c1-11(21-2)8-14(18)17(7-6-15(19)20)10-12-4-3-5-13(16)9-12/h3-5,9,11H,6-8,10H2,1-2H3,(H,19,20). The van der Waals surface area contributed by atoms with Gasteiger partial charge in [-0.3, -0.25) is 9.59 Å². The lowest BCUT2D eigenvalue weighted by Crippen LogP contribution is -2.33. The van der Waals surface area contributed by atoms with Gasteiger partial charge in [0, 0.05) is 29.2 Å². The smallest absolute Gasteiger partial charge is 0.305 e. The number of halogens is 1. The first-order valence-corrected chi connectivity index (χ1v) is 8.77. The van der Waals surface area contributed by atoms with E-state index in [0.717, 1.165) is 10.0 Å². The van der Waals surface area contributed by atoms with Crippen LogP contribution in [-0.2, 0) is 16.1 Å². The summed E-state index contributed by atoms with van der Waals surface area (Å²) in [4.78, 5) is 24.7. The Kier molecular flexibility index (Phi) is 7.82. The molecule has 1 atom stereocenters. The van der Waals surface area contributed by atoms with Crippen molar-refractivity contribution in [2.75, 3.05) is 12.8 Å². The Morgan fingerprint density at radius 3 is 2.71 bits per heavy atom. The highest BCUT2D eigenvalue weighted by atomic mass is 79.9. The number of carboxylic acids is 1. The number of hydrogen-bond donors (Lipinski definition) is 1. The Hall–Kier alpha value is -1.01. The summed E-state index contributed by atoms with van der Waals surface area (Å²) in [6.07, 6.45) is 2.36. The van der Waals surface area contributed by atoms with Gasteiger partial charge < -0.3 is 10.0 Å². The lowest BCUT2D eigenvalue weighted by atomic mass is 10.2. The molecule has 1 unspecified atom stereocenters. The van der Waals surface area contributed by atoms with Crippen molar-refractivity contribution in [3.05, 3.63) is 34.3 Å². The highest BCUT2D eigenvalue weighted by Crippen LogP contribution is 2.16. The first-order chi connectivity index (χ1) is 9.92.